The van der Waals surface area contributed by atoms with Gasteiger partial charge < -0.3 is 15.6 Å². The second-order valence-corrected chi connectivity index (χ2v) is 8.62. The van der Waals surface area contributed by atoms with Crippen LogP contribution in [0, 0.1) is 13.8 Å². The van der Waals surface area contributed by atoms with E-state index in [4.69, 9.17) is 10.6 Å². The number of aromatic nitrogens is 4. The lowest BCUT2D eigenvalue weighted by Gasteiger charge is -2.09. The maximum Gasteiger partial charge on any atom is 0.210 e. The number of nitrogens with one attached hydrogen (secondary N) is 1. The Bertz CT molecular complexity index is 1100. The summed E-state index contributed by atoms with van der Waals surface area (Å²) in [7, 11) is 0. The zero-order valence-corrected chi connectivity index (χ0v) is 19.2. The number of rotatable bonds is 9. The number of nitrogens with zero attached hydrogens (tertiary/aromatic N) is 3. The Hall–Kier alpha value is -3.07. The van der Waals surface area contributed by atoms with Crippen molar-refractivity contribution < 1.29 is 14.3 Å². The number of thioether (sulfide) groups is 1. The molecule has 0 atom stereocenters. The molecule has 1 aromatic carbocycles. The summed E-state index contributed by atoms with van der Waals surface area (Å²) < 4.78 is 7.08. The summed E-state index contributed by atoms with van der Waals surface area (Å²) in [5.41, 5.74) is 3.60. The predicted octanol–water partition coefficient (Wildman–Crippen LogP) is 3.82. The molecule has 0 fully saturated rings. The van der Waals surface area contributed by atoms with Gasteiger partial charge in [0.15, 0.2) is 17.4 Å². The van der Waals surface area contributed by atoms with Gasteiger partial charge in [-0.15, -0.1) is 10.2 Å². The molecule has 0 bridgehead atoms. The standard InChI is InChI=1S/C22H27N5O3S/c1-12(2)16-6-8-17(9-7-16)30-10-19-25-26-22(27(19)23)31-11-18(29)21-13(3)20(15(5)28)14(4)24-21/h6-9,12,24H,10-11,23H2,1-5H3. The van der Waals surface area contributed by atoms with E-state index >= 15 is 0 Å². The zero-order chi connectivity index (χ0) is 22.7. The first kappa shape index (κ1) is 22.6. The molecule has 0 unspecified atom stereocenters. The summed E-state index contributed by atoms with van der Waals surface area (Å²) in [5.74, 6) is 7.62. The van der Waals surface area contributed by atoms with Crippen molar-refractivity contribution in [3.63, 3.8) is 0 Å². The van der Waals surface area contributed by atoms with Gasteiger partial charge in [-0.3, -0.25) is 9.59 Å². The van der Waals surface area contributed by atoms with Crippen molar-refractivity contribution in [2.24, 2.45) is 0 Å². The largest absolute Gasteiger partial charge is 0.486 e. The number of carbonyl (C=O) groups excluding carboxylic acids is 2. The number of Topliss-reactive ketones (excluding diaryl/α,β-unsaturated/α-hetero) is 2. The average molecular weight is 442 g/mol. The molecule has 0 aliphatic rings. The molecule has 164 valence electrons. The fourth-order valence-corrected chi connectivity index (χ4v) is 4.11. The highest BCUT2D eigenvalue weighted by atomic mass is 32.2. The molecule has 0 saturated carbocycles. The molecule has 0 aliphatic heterocycles. The molecular weight excluding hydrogens is 414 g/mol. The summed E-state index contributed by atoms with van der Waals surface area (Å²) in [6.45, 7) is 9.48. The summed E-state index contributed by atoms with van der Waals surface area (Å²) in [6, 6.07) is 7.89. The van der Waals surface area contributed by atoms with Crippen LogP contribution < -0.4 is 10.6 Å². The van der Waals surface area contributed by atoms with Gasteiger partial charge in [-0.05, 0) is 49.9 Å². The fraction of sp³-hybridized carbons (Fsp3) is 0.364. The van der Waals surface area contributed by atoms with Crippen molar-refractivity contribution in [1.82, 2.24) is 19.9 Å². The summed E-state index contributed by atoms with van der Waals surface area (Å²) >= 11 is 1.18. The van der Waals surface area contributed by atoms with E-state index in [9.17, 15) is 9.59 Å². The lowest BCUT2D eigenvalue weighted by Crippen LogP contribution is -2.16. The maximum absolute atomic E-state index is 12.6. The van der Waals surface area contributed by atoms with E-state index in [1.54, 1.807) is 13.8 Å². The van der Waals surface area contributed by atoms with Crippen molar-refractivity contribution in [3.8, 4) is 5.75 Å². The minimum absolute atomic E-state index is 0.0665. The molecule has 0 aliphatic carbocycles. The third-order valence-electron chi connectivity index (χ3n) is 5.05. The van der Waals surface area contributed by atoms with Crippen LogP contribution in [-0.4, -0.2) is 37.2 Å². The lowest BCUT2D eigenvalue weighted by molar-refractivity contribution is 0.101. The van der Waals surface area contributed by atoms with Crippen LogP contribution in [0.4, 0.5) is 0 Å². The number of hydrogen-bond donors (Lipinski definition) is 2. The van der Waals surface area contributed by atoms with Crippen LogP contribution in [0.5, 0.6) is 5.75 Å². The van der Waals surface area contributed by atoms with Crippen molar-refractivity contribution in [1.29, 1.82) is 0 Å². The van der Waals surface area contributed by atoms with Gasteiger partial charge in [0.1, 0.15) is 12.4 Å². The summed E-state index contributed by atoms with van der Waals surface area (Å²) in [4.78, 5) is 27.4. The highest BCUT2D eigenvalue weighted by molar-refractivity contribution is 7.99. The van der Waals surface area contributed by atoms with Gasteiger partial charge in [0.2, 0.25) is 5.16 Å². The van der Waals surface area contributed by atoms with Crippen molar-refractivity contribution in [2.75, 3.05) is 11.6 Å². The molecule has 0 amide bonds. The van der Waals surface area contributed by atoms with E-state index in [1.165, 1.54) is 28.9 Å². The van der Waals surface area contributed by atoms with Gasteiger partial charge in [0, 0.05) is 11.3 Å². The first-order valence-electron chi connectivity index (χ1n) is 9.97. The molecule has 2 heterocycles. The molecule has 2 aromatic heterocycles. The Morgan fingerprint density at radius 3 is 2.45 bits per heavy atom. The molecule has 0 spiro atoms. The molecule has 8 nitrogen and oxygen atoms in total. The van der Waals surface area contributed by atoms with Gasteiger partial charge in [-0.25, -0.2) is 4.68 Å². The number of nitrogen functional groups attached to an aromatic ring is 1. The monoisotopic (exact) mass is 441 g/mol. The normalized spacial score (nSPS) is 11.2. The quantitative estimate of drug-likeness (QED) is 0.295. The number of aryl methyl sites for hydroxylation is 1. The molecule has 0 radical (unpaired) electrons. The Kier molecular flexibility index (Phi) is 6.84. The minimum atomic E-state index is -0.135. The van der Waals surface area contributed by atoms with Crippen molar-refractivity contribution in [3.05, 3.63) is 58.2 Å². The number of benzene rings is 1. The third-order valence-corrected chi connectivity index (χ3v) is 5.99. The number of ketones is 2. The molecule has 9 heteroatoms. The molecule has 0 saturated heterocycles. The fourth-order valence-electron chi connectivity index (χ4n) is 3.36. The minimum Gasteiger partial charge on any atom is -0.486 e. The third kappa shape index (κ3) is 4.99. The van der Waals surface area contributed by atoms with E-state index in [-0.39, 0.29) is 23.9 Å². The highest BCUT2D eigenvalue weighted by Gasteiger charge is 2.21. The summed E-state index contributed by atoms with van der Waals surface area (Å²) in [6.07, 6.45) is 0. The van der Waals surface area contributed by atoms with E-state index in [0.29, 0.717) is 39.4 Å². The first-order chi connectivity index (χ1) is 14.7. The molecule has 3 aromatic rings. The van der Waals surface area contributed by atoms with Crippen LogP contribution in [0.15, 0.2) is 29.4 Å². The van der Waals surface area contributed by atoms with Crippen LogP contribution in [0.1, 0.15) is 70.2 Å². The Labute approximate surface area is 185 Å². The number of carbonyl (C=O) groups is 2. The topological polar surface area (TPSA) is 116 Å². The van der Waals surface area contributed by atoms with Crippen LogP contribution in [0.2, 0.25) is 0 Å². The van der Waals surface area contributed by atoms with Crippen molar-refractivity contribution in [2.45, 2.75) is 52.3 Å². The van der Waals surface area contributed by atoms with E-state index in [2.05, 4.69) is 29.0 Å². The van der Waals surface area contributed by atoms with Crippen LogP contribution in [0.25, 0.3) is 0 Å². The molecule has 3 rings (SSSR count). The SMILES string of the molecule is CC(=O)c1c(C)[nH]c(C(=O)CSc2nnc(COc3ccc(C(C)C)cc3)n2N)c1C. The molecular formula is C22H27N5O3S. The van der Waals surface area contributed by atoms with Crippen LogP contribution >= 0.6 is 11.8 Å². The van der Waals surface area contributed by atoms with E-state index in [1.807, 2.05) is 24.3 Å². The Balaban J connectivity index is 1.61. The number of H-pyrrole nitrogens is 1. The van der Waals surface area contributed by atoms with E-state index < -0.39 is 0 Å². The zero-order valence-electron chi connectivity index (χ0n) is 18.4. The summed E-state index contributed by atoms with van der Waals surface area (Å²) in [5, 5.41) is 8.54. The van der Waals surface area contributed by atoms with Gasteiger partial charge in [0.25, 0.3) is 0 Å². The van der Waals surface area contributed by atoms with Crippen LogP contribution in [0.3, 0.4) is 0 Å². The molecule has 3 N–H and O–H groups in total. The van der Waals surface area contributed by atoms with Gasteiger partial charge in [-0.1, -0.05) is 37.7 Å². The van der Waals surface area contributed by atoms with Crippen LogP contribution in [-0.2, 0) is 6.61 Å². The van der Waals surface area contributed by atoms with E-state index in [0.717, 1.165) is 5.75 Å². The average Bonchev–Trinajstić information content (AvgIpc) is 3.23. The van der Waals surface area contributed by atoms with Crippen molar-refractivity contribution >= 4 is 23.3 Å². The first-order valence-corrected chi connectivity index (χ1v) is 11.0. The second kappa shape index (κ2) is 9.38. The number of nitrogens with two attached hydrogens (primary N) is 1. The predicted molar refractivity (Wildman–Crippen MR) is 120 cm³/mol. The lowest BCUT2D eigenvalue weighted by atomic mass is 10.0. The Morgan fingerprint density at radius 1 is 1.19 bits per heavy atom. The second-order valence-electron chi connectivity index (χ2n) is 7.67. The Morgan fingerprint density at radius 2 is 1.87 bits per heavy atom. The van der Waals surface area contributed by atoms with Gasteiger partial charge >= 0.3 is 0 Å². The smallest absolute Gasteiger partial charge is 0.210 e. The molecule has 31 heavy (non-hydrogen) atoms. The van der Waals surface area contributed by atoms with Gasteiger partial charge in [0.05, 0.1) is 11.4 Å². The number of ether oxygens (including phenoxy) is 1. The number of aromatic amines is 1. The maximum atomic E-state index is 12.6. The number of hydrogen-bond acceptors (Lipinski definition) is 7. The highest BCUT2D eigenvalue weighted by Crippen LogP contribution is 2.23. The van der Waals surface area contributed by atoms with Gasteiger partial charge in [-0.2, -0.15) is 0 Å².